The molecule has 0 saturated carbocycles. The number of hydrogen-bond acceptors (Lipinski definition) is 6. The molecule has 0 radical (unpaired) electrons. The topological polar surface area (TPSA) is 109 Å². The van der Waals surface area contributed by atoms with E-state index in [2.05, 4.69) is 5.32 Å². The second kappa shape index (κ2) is 8.70. The number of amides is 1. The van der Waals surface area contributed by atoms with E-state index in [1.54, 1.807) is 19.1 Å². The molecule has 0 spiro atoms. The number of rotatable bonds is 8. The third-order valence-corrected chi connectivity index (χ3v) is 4.43. The van der Waals surface area contributed by atoms with Gasteiger partial charge in [-0.3, -0.25) is 4.79 Å². The smallest absolute Gasteiger partial charge is 0.336 e. The van der Waals surface area contributed by atoms with Gasteiger partial charge >= 0.3 is 5.63 Å². The molecule has 1 aromatic heterocycles. The Morgan fingerprint density at radius 3 is 2.59 bits per heavy atom. The van der Waals surface area contributed by atoms with Gasteiger partial charge in [0.25, 0.3) is 5.91 Å². The van der Waals surface area contributed by atoms with Gasteiger partial charge < -0.3 is 24.4 Å². The van der Waals surface area contributed by atoms with Gasteiger partial charge in [-0.2, -0.15) is 0 Å². The zero-order chi connectivity index (χ0) is 20.1. The highest BCUT2D eigenvalue weighted by molar-refractivity contribution is 5.87. The molecular formula is C20H24NO6-. The highest BCUT2D eigenvalue weighted by atomic mass is 16.5. The normalized spacial score (nSPS) is 13.2. The van der Waals surface area contributed by atoms with Crippen molar-refractivity contribution in [2.45, 2.75) is 59.1 Å². The van der Waals surface area contributed by atoms with E-state index in [1.165, 1.54) is 13.0 Å². The van der Waals surface area contributed by atoms with Crippen LogP contribution in [0.25, 0.3) is 11.0 Å². The first-order valence-corrected chi connectivity index (χ1v) is 9.02. The van der Waals surface area contributed by atoms with Gasteiger partial charge in [0.05, 0.1) is 12.0 Å². The van der Waals surface area contributed by atoms with Gasteiger partial charge in [-0.15, -0.1) is 0 Å². The minimum absolute atomic E-state index is 0.279. The van der Waals surface area contributed by atoms with Crippen LogP contribution in [0.3, 0.4) is 0 Å². The average molecular weight is 374 g/mol. The first kappa shape index (κ1) is 20.5. The Hall–Kier alpha value is -2.83. The van der Waals surface area contributed by atoms with Crippen LogP contribution >= 0.6 is 0 Å². The number of carboxylic acid groups (broad SMARTS) is 1. The van der Waals surface area contributed by atoms with Gasteiger partial charge in [0.1, 0.15) is 11.3 Å². The van der Waals surface area contributed by atoms with E-state index in [4.69, 9.17) is 9.15 Å². The van der Waals surface area contributed by atoms with E-state index in [0.29, 0.717) is 29.7 Å². The van der Waals surface area contributed by atoms with E-state index in [1.807, 2.05) is 13.8 Å². The second-order valence-electron chi connectivity index (χ2n) is 6.44. The number of aryl methyl sites for hydroxylation is 2. The summed E-state index contributed by atoms with van der Waals surface area (Å²) in [4.78, 5) is 35.1. The molecule has 1 heterocycles. The molecule has 0 aliphatic rings. The van der Waals surface area contributed by atoms with Gasteiger partial charge in [0.15, 0.2) is 6.10 Å². The summed E-state index contributed by atoms with van der Waals surface area (Å²) in [5.74, 6) is -1.49. The van der Waals surface area contributed by atoms with E-state index in [-0.39, 0.29) is 6.42 Å². The van der Waals surface area contributed by atoms with Crippen LogP contribution in [0.2, 0.25) is 0 Å². The average Bonchev–Trinajstić information content (AvgIpc) is 2.63. The number of hydrogen-bond donors (Lipinski definition) is 1. The largest absolute Gasteiger partial charge is 0.548 e. The maximum Gasteiger partial charge on any atom is 0.336 e. The molecule has 2 rings (SSSR count). The van der Waals surface area contributed by atoms with Crippen LogP contribution in [0.1, 0.15) is 44.7 Å². The lowest BCUT2D eigenvalue weighted by molar-refractivity contribution is -0.308. The molecule has 0 bridgehead atoms. The number of carbonyl (C=O) groups excluding carboxylic acids is 2. The molecule has 7 nitrogen and oxygen atoms in total. The van der Waals surface area contributed by atoms with Crippen molar-refractivity contribution in [2.24, 2.45) is 0 Å². The SMILES string of the molecule is CCC[C@@H](NC(=O)[C@H](C)Oc1ccc2c(CC)cc(=O)oc2c1C)C(=O)[O-]. The van der Waals surface area contributed by atoms with Crippen LogP contribution in [-0.2, 0) is 16.0 Å². The lowest BCUT2D eigenvalue weighted by Gasteiger charge is -2.22. The van der Waals surface area contributed by atoms with Gasteiger partial charge in [-0.05, 0) is 44.4 Å². The van der Waals surface area contributed by atoms with Crippen molar-refractivity contribution >= 4 is 22.8 Å². The Bertz CT molecular complexity index is 901. The molecule has 1 aromatic carbocycles. The zero-order valence-corrected chi connectivity index (χ0v) is 16.0. The standard InChI is InChI=1S/C20H25NO6/c1-5-7-15(20(24)25)21-19(23)12(4)26-16-9-8-14-13(6-2)10-17(22)27-18(14)11(16)3/h8-10,12,15H,5-7H2,1-4H3,(H,21,23)(H,24,25)/p-1/t12-,15+/m0/s1. The van der Waals surface area contributed by atoms with Crippen LogP contribution in [-0.4, -0.2) is 24.0 Å². The van der Waals surface area contributed by atoms with Crippen LogP contribution in [0.5, 0.6) is 5.75 Å². The van der Waals surface area contributed by atoms with Crippen LogP contribution in [0, 0.1) is 6.92 Å². The molecule has 0 aliphatic carbocycles. The Labute approximate surface area is 157 Å². The van der Waals surface area contributed by atoms with E-state index in [9.17, 15) is 19.5 Å². The van der Waals surface area contributed by atoms with Crippen LogP contribution in [0.4, 0.5) is 0 Å². The summed E-state index contributed by atoms with van der Waals surface area (Å²) in [5.41, 5.74) is 1.45. The molecule has 2 atom stereocenters. The summed E-state index contributed by atoms with van der Waals surface area (Å²) in [6, 6.07) is 3.90. The number of aliphatic carboxylic acids is 1. The fraction of sp³-hybridized carbons (Fsp3) is 0.450. The molecule has 0 aliphatic heterocycles. The molecule has 0 saturated heterocycles. The van der Waals surface area contributed by atoms with Crippen molar-refractivity contribution in [3.63, 3.8) is 0 Å². The van der Waals surface area contributed by atoms with Crippen LogP contribution in [0.15, 0.2) is 27.4 Å². The first-order valence-electron chi connectivity index (χ1n) is 9.02. The molecule has 0 fully saturated rings. The molecule has 146 valence electrons. The van der Waals surface area contributed by atoms with Crippen molar-refractivity contribution in [2.75, 3.05) is 0 Å². The summed E-state index contributed by atoms with van der Waals surface area (Å²) in [5, 5.41) is 14.3. The Morgan fingerprint density at radius 2 is 2.00 bits per heavy atom. The number of carbonyl (C=O) groups is 2. The Morgan fingerprint density at radius 1 is 1.30 bits per heavy atom. The van der Waals surface area contributed by atoms with E-state index in [0.717, 1.165) is 10.9 Å². The second-order valence-corrected chi connectivity index (χ2v) is 6.44. The summed E-state index contributed by atoms with van der Waals surface area (Å²) in [6.07, 6.45) is 0.626. The van der Waals surface area contributed by atoms with Crippen molar-refractivity contribution in [1.29, 1.82) is 0 Å². The van der Waals surface area contributed by atoms with E-state index >= 15 is 0 Å². The predicted octanol–water partition coefficient (Wildman–Crippen LogP) is 1.47. The minimum atomic E-state index is -1.33. The highest BCUT2D eigenvalue weighted by Crippen LogP contribution is 2.29. The van der Waals surface area contributed by atoms with Gasteiger partial charge in [0, 0.05) is 17.0 Å². The summed E-state index contributed by atoms with van der Waals surface area (Å²) in [6.45, 7) is 7.03. The maximum atomic E-state index is 12.3. The molecule has 2 aromatic rings. The fourth-order valence-corrected chi connectivity index (χ4v) is 2.90. The van der Waals surface area contributed by atoms with Gasteiger partial charge in [-0.25, -0.2) is 4.79 Å². The summed E-state index contributed by atoms with van der Waals surface area (Å²) < 4.78 is 11.0. The molecular weight excluding hydrogens is 350 g/mol. The number of carboxylic acids is 1. The third kappa shape index (κ3) is 4.67. The number of benzene rings is 1. The van der Waals surface area contributed by atoms with Gasteiger partial charge in [0.2, 0.25) is 0 Å². The van der Waals surface area contributed by atoms with Crippen molar-refractivity contribution < 1.29 is 23.8 Å². The summed E-state index contributed by atoms with van der Waals surface area (Å²) in [7, 11) is 0. The van der Waals surface area contributed by atoms with Crippen molar-refractivity contribution in [1.82, 2.24) is 5.32 Å². The Balaban J connectivity index is 2.25. The Kier molecular flexibility index (Phi) is 6.60. The summed E-state index contributed by atoms with van der Waals surface area (Å²) >= 11 is 0. The minimum Gasteiger partial charge on any atom is -0.548 e. The van der Waals surface area contributed by atoms with Crippen molar-refractivity contribution in [3.8, 4) is 5.75 Å². The van der Waals surface area contributed by atoms with Crippen molar-refractivity contribution in [3.05, 3.63) is 39.7 Å². The lowest BCUT2D eigenvalue weighted by Crippen LogP contribution is -2.51. The molecule has 7 heteroatoms. The molecule has 0 unspecified atom stereocenters. The first-order chi connectivity index (χ1) is 12.8. The number of fused-ring (bicyclic) bond motifs is 1. The van der Waals surface area contributed by atoms with Gasteiger partial charge in [-0.1, -0.05) is 20.3 Å². The number of nitrogens with one attached hydrogen (secondary N) is 1. The molecule has 27 heavy (non-hydrogen) atoms. The third-order valence-electron chi connectivity index (χ3n) is 4.43. The molecule has 1 N–H and O–H groups in total. The quantitative estimate of drug-likeness (QED) is 0.701. The zero-order valence-electron chi connectivity index (χ0n) is 16.0. The molecule has 1 amide bonds. The maximum absolute atomic E-state index is 12.3. The fourth-order valence-electron chi connectivity index (χ4n) is 2.90. The number of ether oxygens (including phenoxy) is 1. The predicted molar refractivity (Wildman–Crippen MR) is 98.5 cm³/mol. The van der Waals surface area contributed by atoms with Crippen LogP contribution < -0.4 is 20.8 Å². The highest BCUT2D eigenvalue weighted by Gasteiger charge is 2.21. The monoisotopic (exact) mass is 374 g/mol. The lowest BCUT2D eigenvalue weighted by atomic mass is 10.0. The van der Waals surface area contributed by atoms with E-state index < -0.39 is 29.6 Å².